The van der Waals surface area contributed by atoms with Crippen molar-refractivity contribution in [2.75, 3.05) is 32.6 Å². The Balaban J connectivity index is 3.02. The Hall–Kier alpha value is -1.66. The SMILES string of the molecule is COCN(COC)c1ccccc1[N+](=O)[O-]. The largest absolute Gasteiger partial charge is 0.364 e. The number of rotatable bonds is 6. The van der Waals surface area contributed by atoms with Gasteiger partial charge >= 0.3 is 0 Å². The number of nitrogens with zero attached hydrogens (tertiary/aromatic N) is 2. The molecule has 0 saturated carbocycles. The highest BCUT2D eigenvalue weighted by Crippen LogP contribution is 2.27. The molecule has 1 aromatic rings. The smallest absolute Gasteiger partial charge is 0.292 e. The minimum Gasteiger partial charge on any atom is -0.364 e. The summed E-state index contributed by atoms with van der Waals surface area (Å²) in [6.45, 7) is 0.470. The van der Waals surface area contributed by atoms with Gasteiger partial charge in [0.2, 0.25) is 0 Å². The van der Waals surface area contributed by atoms with Crippen LogP contribution in [0.3, 0.4) is 0 Å². The number of nitro benzene ring substituents is 1. The van der Waals surface area contributed by atoms with Crippen molar-refractivity contribution in [3.8, 4) is 0 Å². The molecule has 0 N–H and O–H groups in total. The van der Waals surface area contributed by atoms with Gasteiger partial charge in [0.05, 0.1) is 4.92 Å². The highest BCUT2D eigenvalue weighted by Gasteiger charge is 2.17. The van der Waals surface area contributed by atoms with E-state index in [1.54, 1.807) is 23.1 Å². The van der Waals surface area contributed by atoms with Crippen molar-refractivity contribution in [3.63, 3.8) is 0 Å². The van der Waals surface area contributed by atoms with Gasteiger partial charge in [-0.1, -0.05) is 12.1 Å². The molecule has 6 nitrogen and oxygen atoms in total. The van der Waals surface area contributed by atoms with Crippen LogP contribution in [-0.2, 0) is 9.47 Å². The zero-order chi connectivity index (χ0) is 12.0. The number of nitro groups is 1. The number of methoxy groups -OCH3 is 2. The normalized spacial score (nSPS) is 10.1. The first-order valence-corrected chi connectivity index (χ1v) is 4.67. The number of benzene rings is 1. The summed E-state index contributed by atoms with van der Waals surface area (Å²) in [4.78, 5) is 12.0. The molecule has 0 atom stereocenters. The maximum atomic E-state index is 10.8. The van der Waals surface area contributed by atoms with Crippen LogP contribution in [0.5, 0.6) is 0 Å². The molecule has 0 aliphatic heterocycles. The van der Waals surface area contributed by atoms with E-state index in [9.17, 15) is 10.1 Å². The molecule has 0 radical (unpaired) electrons. The second-order valence-electron chi connectivity index (χ2n) is 3.12. The van der Waals surface area contributed by atoms with Crippen LogP contribution < -0.4 is 4.90 Å². The molecule has 0 aliphatic carbocycles. The van der Waals surface area contributed by atoms with Gasteiger partial charge in [-0.05, 0) is 6.07 Å². The maximum absolute atomic E-state index is 10.8. The zero-order valence-corrected chi connectivity index (χ0v) is 9.25. The van der Waals surface area contributed by atoms with Gasteiger partial charge in [0.25, 0.3) is 5.69 Å². The molecule has 88 valence electrons. The summed E-state index contributed by atoms with van der Waals surface area (Å²) in [6.07, 6.45) is 0. The predicted octanol–water partition coefficient (Wildman–Crippen LogP) is 1.61. The molecular weight excluding hydrogens is 212 g/mol. The fourth-order valence-electron chi connectivity index (χ4n) is 1.37. The second kappa shape index (κ2) is 6.04. The van der Waals surface area contributed by atoms with Crippen molar-refractivity contribution in [2.45, 2.75) is 0 Å². The van der Waals surface area contributed by atoms with E-state index in [4.69, 9.17) is 9.47 Å². The van der Waals surface area contributed by atoms with Crippen molar-refractivity contribution in [3.05, 3.63) is 34.4 Å². The molecule has 0 bridgehead atoms. The number of anilines is 1. The quantitative estimate of drug-likeness (QED) is 0.419. The Morgan fingerprint density at radius 1 is 1.25 bits per heavy atom. The van der Waals surface area contributed by atoms with Crippen LogP contribution in [0.15, 0.2) is 24.3 Å². The van der Waals surface area contributed by atoms with E-state index >= 15 is 0 Å². The molecule has 0 saturated heterocycles. The van der Waals surface area contributed by atoms with Gasteiger partial charge in [0.15, 0.2) is 0 Å². The van der Waals surface area contributed by atoms with Crippen LogP contribution in [0.25, 0.3) is 0 Å². The Morgan fingerprint density at radius 3 is 2.31 bits per heavy atom. The lowest BCUT2D eigenvalue weighted by atomic mass is 10.2. The van der Waals surface area contributed by atoms with E-state index in [-0.39, 0.29) is 19.1 Å². The van der Waals surface area contributed by atoms with E-state index in [1.807, 2.05) is 0 Å². The fraction of sp³-hybridized carbons (Fsp3) is 0.400. The monoisotopic (exact) mass is 226 g/mol. The Kier molecular flexibility index (Phi) is 4.68. The lowest BCUT2D eigenvalue weighted by Crippen LogP contribution is -2.28. The van der Waals surface area contributed by atoms with Gasteiger partial charge in [-0.3, -0.25) is 10.1 Å². The average molecular weight is 226 g/mol. The van der Waals surface area contributed by atoms with Crippen LogP contribution >= 0.6 is 0 Å². The molecule has 1 rings (SSSR count). The Bertz CT molecular complexity index is 350. The van der Waals surface area contributed by atoms with Crippen LogP contribution in [0.1, 0.15) is 0 Å². The number of hydrogen-bond donors (Lipinski definition) is 0. The number of para-hydroxylation sites is 2. The Morgan fingerprint density at radius 2 is 1.81 bits per heavy atom. The van der Waals surface area contributed by atoms with Crippen molar-refractivity contribution in [1.29, 1.82) is 0 Å². The summed E-state index contributed by atoms with van der Waals surface area (Å²) in [7, 11) is 3.05. The lowest BCUT2D eigenvalue weighted by Gasteiger charge is -2.22. The van der Waals surface area contributed by atoms with Crippen LogP contribution in [0, 0.1) is 10.1 Å². The number of hydrogen-bond acceptors (Lipinski definition) is 5. The highest BCUT2D eigenvalue weighted by molar-refractivity contribution is 5.62. The topological polar surface area (TPSA) is 64.8 Å². The van der Waals surface area contributed by atoms with Crippen molar-refractivity contribution >= 4 is 11.4 Å². The van der Waals surface area contributed by atoms with Gasteiger partial charge in [-0.15, -0.1) is 0 Å². The Labute approximate surface area is 93.5 Å². The second-order valence-corrected chi connectivity index (χ2v) is 3.12. The first-order valence-electron chi connectivity index (χ1n) is 4.67. The van der Waals surface area contributed by atoms with Gasteiger partial charge in [0.1, 0.15) is 19.1 Å². The molecule has 0 aliphatic rings. The fourth-order valence-corrected chi connectivity index (χ4v) is 1.37. The minimum absolute atomic E-state index is 0.0385. The van der Waals surface area contributed by atoms with Gasteiger partial charge < -0.3 is 14.4 Å². The van der Waals surface area contributed by atoms with Crippen molar-refractivity contribution in [2.24, 2.45) is 0 Å². The molecule has 0 spiro atoms. The number of ether oxygens (including phenoxy) is 2. The third kappa shape index (κ3) is 2.91. The molecule has 16 heavy (non-hydrogen) atoms. The predicted molar refractivity (Wildman–Crippen MR) is 59.3 cm³/mol. The van der Waals surface area contributed by atoms with Gasteiger partial charge in [0, 0.05) is 20.3 Å². The average Bonchev–Trinajstić information content (AvgIpc) is 2.29. The first kappa shape index (κ1) is 12.4. The van der Waals surface area contributed by atoms with Crippen molar-refractivity contribution < 1.29 is 14.4 Å². The van der Waals surface area contributed by atoms with Crippen LogP contribution in [0.2, 0.25) is 0 Å². The molecule has 6 heteroatoms. The minimum atomic E-state index is -0.423. The van der Waals surface area contributed by atoms with E-state index in [0.29, 0.717) is 5.69 Å². The maximum Gasteiger partial charge on any atom is 0.292 e. The summed E-state index contributed by atoms with van der Waals surface area (Å²) in [5.41, 5.74) is 0.521. The van der Waals surface area contributed by atoms with E-state index in [1.165, 1.54) is 20.3 Å². The molecule has 0 amide bonds. The van der Waals surface area contributed by atoms with Crippen LogP contribution in [0.4, 0.5) is 11.4 Å². The van der Waals surface area contributed by atoms with E-state index in [0.717, 1.165) is 0 Å². The summed E-state index contributed by atoms with van der Waals surface area (Å²) in [5, 5.41) is 10.8. The standard InChI is InChI=1S/C10H14N2O4/c1-15-7-11(8-16-2)9-5-3-4-6-10(9)12(13)14/h3-6H,7-8H2,1-2H3. The summed E-state index contributed by atoms with van der Waals surface area (Å²) in [5.74, 6) is 0. The van der Waals surface area contributed by atoms with E-state index in [2.05, 4.69) is 0 Å². The summed E-state index contributed by atoms with van der Waals surface area (Å²) >= 11 is 0. The van der Waals surface area contributed by atoms with E-state index < -0.39 is 4.92 Å². The summed E-state index contributed by atoms with van der Waals surface area (Å²) < 4.78 is 9.94. The molecule has 0 unspecified atom stereocenters. The molecular formula is C10H14N2O4. The lowest BCUT2D eigenvalue weighted by molar-refractivity contribution is -0.384. The third-order valence-corrected chi connectivity index (χ3v) is 1.99. The van der Waals surface area contributed by atoms with Crippen molar-refractivity contribution in [1.82, 2.24) is 0 Å². The molecule has 0 aromatic heterocycles. The highest BCUT2D eigenvalue weighted by atomic mass is 16.6. The molecule has 0 heterocycles. The first-order chi connectivity index (χ1) is 7.70. The summed E-state index contributed by atoms with van der Waals surface area (Å²) in [6, 6.07) is 6.48. The van der Waals surface area contributed by atoms with Gasteiger partial charge in [-0.25, -0.2) is 0 Å². The zero-order valence-electron chi connectivity index (χ0n) is 9.25. The molecule has 0 fully saturated rings. The molecule has 1 aromatic carbocycles. The van der Waals surface area contributed by atoms with Crippen LogP contribution in [-0.4, -0.2) is 32.6 Å². The third-order valence-electron chi connectivity index (χ3n) is 1.99. The van der Waals surface area contributed by atoms with Gasteiger partial charge in [-0.2, -0.15) is 0 Å².